The van der Waals surface area contributed by atoms with Gasteiger partial charge in [-0.05, 0) is 126 Å². The SMILES string of the molecule is CC(C)(C)OC(=O)OC(=O)OC(C)(C)C.COc1ccc(N)cc1[N+](=O)[O-].COc1ccc(NC(=O)OC(C)(C)C)cc1N.COc1ccc(NC(=O)OC(C)(C)C)cc1[N+](=O)[O-].O=CO[O-].[H-].[HH].[K+].[K+]. The number of nitrogen functional groups attached to an aromatic ring is 2. The maximum absolute atomic E-state index is 11.5. The largest absolute Gasteiger partial charge is 1.00 e. The zero-order valence-electron chi connectivity index (χ0n) is 43.1. The summed E-state index contributed by atoms with van der Waals surface area (Å²) in [6, 6.07) is 13.4. The van der Waals surface area contributed by atoms with Crippen molar-refractivity contribution in [1.29, 1.82) is 0 Å². The van der Waals surface area contributed by atoms with Gasteiger partial charge in [-0.3, -0.25) is 35.7 Å². The van der Waals surface area contributed by atoms with Crippen molar-refractivity contribution in [2.75, 3.05) is 43.4 Å². The van der Waals surface area contributed by atoms with Crippen molar-refractivity contribution in [3.63, 3.8) is 0 Å². The van der Waals surface area contributed by atoms with Gasteiger partial charge in [0.25, 0.3) is 6.47 Å². The average molecular weight is 1040 g/mol. The molecule has 3 aromatic rings. The van der Waals surface area contributed by atoms with Crippen LogP contribution in [0.5, 0.6) is 17.2 Å². The number of carbonyl (C=O) groups excluding carboxylic acids is 5. The predicted molar refractivity (Wildman–Crippen MR) is 245 cm³/mol. The van der Waals surface area contributed by atoms with E-state index in [9.17, 15) is 39.4 Å². The molecular formula is C42H64K2N6O19. The maximum Gasteiger partial charge on any atom is 1.00 e. The third kappa shape index (κ3) is 36.1. The number of hydrogen-bond acceptors (Lipinski definition) is 21. The number of nitrogens with two attached hydrogens (primary N) is 2. The second-order valence-electron chi connectivity index (χ2n) is 16.8. The molecule has 0 atom stereocenters. The van der Waals surface area contributed by atoms with Crippen LogP contribution in [0.3, 0.4) is 0 Å². The Bertz CT molecular complexity index is 2100. The number of carbonyl (C=O) groups is 5. The maximum atomic E-state index is 11.5. The summed E-state index contributed by atoms with van der Waals surface area (Å²) in [5.41, 5.74) is 9.83. The van der Waals surface area contributed by atoms with Crippen molar-refractivity contribution >= 4 is 65.1 Å². The summed E-state index contributed by atoms with van der Waals surface area (Å²) in [4.78, 5) is 76.4. The number of nitrogens with zero attached hydrogens (tertiary/aromatic N) is 2. The van der Waals surface area contributed by atoms with Crippen LogP contribution in [0.15, 0.2) is 54.6 Å². The molecule has 69 heavy (non-hydrogen) atoms. The molecule has 0 fully saturated rings. The molecule has 0 aromatic heterocycles. The topological polar surface area (TPSA) is 354 Å². The van der Waals surface area contributed by atoms with Crippen LogP contribution < -0.4 is 144 Å². The van der Waals surface area contributed by atoms with E-state index < -0.39 is 56.7 Å². The van der Waals surface area contributed by atoms with Crippen molar-refractivity contribution in [1.82, 2.24) is 0 Å². The summed E-state index contributed by atoms with van der Waals surface area (Å²) in [6.45, 7) is 20.4. The van der Waals surface area contributed by atoms with Crippen LogP contribution in [0.4, 0.5) is 53.3 Å². The molecule has 6 N–H and O–H groups in total. The molecule has 0 radical (unpaired) electrons. The van der Waals surface area contributed by atoms with Crippen molar-refractivity contribution in [3.05, 3.63) is 74.8 Å². The van der Waals surface area contributed by atoms with E-state index in [1.165, 1.54) is 51.7 Å². The molecule has 0 aliphatic heterocycles. The fourth-order valence-electron chi connectivity index (χ4n) is 4.02. The van der Waals surface area contributed by atoms with Gasteiger partial charge in [-0.15, -0.1) is 0 Å². The van der Waals surface area contributed by atoms with E-state index in [4.69, 9.17) is 54.7 Å². The Labute approximate surface area is 488 Å². The average Bonchev–Trinajstić information content (AvgIpc) is 3.15. The smallest absolute Gasteiger partial charge is 1.00 e. The number of rotatable bonds is 8. The van der Waals surface area contributed by atoms with Gasteiger partial charge in [0.2, 0.25) is 0 Å². The Kier molecular flexibility index (Phi) is 34.9. The van der Waals surface area contributed by atoms with Crippen molar-refractivity contribution in [3.8, 4) is 17.2 Å². The number of nitrogens with one attached hydrogen (secondary N) is 2. The van der Waals surface area contributed by atoms with Gasteiger partial charge in [0.05, 0.1) is 42.6 Å². The molecule has 0 aliphatic carbocycles. The minimum atomic E-state index is -1.06. The Morgan fingerprint density at radius 2 is 0.899 bits per heavy atom. The zero-order valence-corrected chi connectivity index (χ0v) is 48.3. The minimum Gasteiger partial charge on any atom is -1.00 e. The zero-order chi connectivity index (χ0) is 52.5. The first-order valence-corrected chi connectivity index (χ1v) is 19.3. The van der Waals surface area contributed by atoms with Crippen LogP contribution >= 0.6 is 0 Å². The summed E-state index contributed by atoms with van der Waals surface area (Å²) < 4.78 is 38.6. The summed E-state index contributed by atoms with van der Waals surface area (Å²) in [5, 5.41) is 34.7. The van der Waals surface area contributed by atoms with Gasteiger partial charge in [-0.2, -0.15) is 0 Å². The van der Waals surface area contributed by atoms with Crippen LogP contribution in [0.25, 0.3) is 0 Å². The third-order valence-electron chi connectivity index (χ3n) is 6.28. The van der Waals surface area contributed by atoms with E-state index in [1.54, 1.807) is 107 Å². The van der Waals surface area contributed by atoms with Gasteiger partial charge in [0.15, 0.2) is 11.5 Å². The van der Waals surface area contributed by atoms with Gasteiger partial charge in [-0.25, -0.2) is 19.2 Å². The van der Waals surface area contributed by atoms with Gasteiger partial charge in [0, 0.05) is 24.9 Å². The number of benzene rings is 3. The van der Waals surface area contributed by atoms with Crippen LogP contribution in [0.2, 0.25) is 0 Å². The molecule has 378 valence electrons. The van der Waals surface area contributed by atoms with Gasteiger partial charge >= 0.3 is 139 Å². The fourth-order valence-corrected chi connectivity index (χ4v) is 4.02. The molecule has 0 spiro atoms. The monoisotopic (exact) mass is 1030 g/mol. The first-order valence-electron chi connectivity index (χ1n) is 19.3. The second kappa shape index (κ2) is 33.9. The molecule has 0 heterocycles. The first-order chi connectivity index (χ1) is 30.6. The fraction of sp³-hybridized carbons (Fsp3) is 0.452. The normalized spacial score (nSPS) is 10.1. The van der Waals surface area contributed by atoms with E-state index >= 15 is 0 Å². The van der Waals surface area contributed by atoms with E-state index in [0.717, 1.165) is 0 Å². The molecule has 0 saturated carbocycles. The van der Waals surface area contributed by atoms with Crippen molar-refractivity contribution in [2.24, 2.45) is 0 Å². The first kappa shape index (κ1) is 71.0. The Hall–Kier alpha value is -4.56. The van der Waals surface area contributed by atoms with Gasteiger partial charge in [0.1, 0.15) is 28.2 Å². The predicted octanol–water partition coefficient (Wildman–Crippen LogP) is 2.43. The molecule has 25 nitrogen and oxygen atoms in total. The van der Waals surface area contributed by atoms with E-state index in [-0.39, 0.29) is 141 Å². The Morgan fingerprint density at radius 3 is 1.20 bits per heavy atom. The molecule has 0 unspecified atom stereocenters. The summed E-state index contributed by atoms with van der Waals surface area (Å²) in [6.07, 6.45) is -3.30. The number of ether oxygens (including phenoxy) is 8. The van der Waals surface area contributed by atoms with Crippen LogP contribution in [-0.2, 0) is 33.4 Å². The number of anilines is 4. The van der Waals surface area contributed by atoms with E-state index in [1.807, 2.05) is 0 Å². The molecular weight excluding hydrogens is 971 g/mol. The van der Waals surface area contributed by atoms with E-state index in [0.29, 0.717) is 22.8 Å². The number of amides is 2. The molecule has 3 aromatic carbocycles. The summed E-state index contributed by atoms with van der Waals surface area (Å²) >= 11 is 0. The number of nitro groups is 2. The number of hydrogen-bond donors (Lipinski definition) is 4. The van der Waals surface area contributed by atoms with Gasteiger partial charge in [-0.1, -0.05) is 0 Å². The van der Waals surface area contributed by atoms with Crippen molar-refractivity contribution in [2.45, 2.75) is 105 Å². The minimum absolute atomic E-state index is 0. The standard InChI is InChI=1S/C12H16N2O5.C12H18N2O3.C10H18O5.C7H8N2O3.CH2O3.2K.H2.H/c1-12(2,3)19-11(15)13-8-5-6-10(18-4)9(7-8)14(16)17;1-12(2,3)17-11(15)14-8-5-6-10(16-4)9(13)7-8;1-9(2,3)14-7(11)13-8(12)15-10(4,5)6;1-12-7-3-2-5(8)4-6(7)9(10)11;2-1-4-3;;;;/h5-7H,1-4H3,(H,13,15);5-7H,13H2,1-4H3,(H,14,15);1-6H3;2-4H,8H2,1H3;1,3H;;;1H;/q;;;;;2*+1;;-1/p-1. The second-order valence-corrected chi connectivity index (χ2v) is 16.8. The van der Waals surface area contributed by atoms with E-state index in [2.05, 4.69) is 20.3 Å². The molecule has 0 bridgehead atoms. The summed E-state index contributed by atoms with van der Waals surface area (Å²) in [5.74, 6) is 0.911. The van der Waals surface area contributed by atoms with Crippen molar-refractivity contribution < 1.29 is 187 Å². The molecule has 0 saturated heterocycles. The molecule has 2 amide bonds. The molecule has 0 aliphatic rings. The quantitative estimate of drug-likeness (QED) is 0.0290. The van der Waals surface area contributed by atoms with Gasteiger partial charge < -0.3 is 60.9 Å². The van der Waals surface area contributed by atoms with Crippen LogP contribution in [0, 0.1) is 20.2 Å². The molecule has 3 rings (SSSR count). The Balaban J connectivity index is -0.000000191. The van der Waals surface area contributed by atoms with Crippen LogP contribution in [-0.4, -0.2) is 84.5 Å². The summed E-state index contributed by atoms with van der Waals surface area (Å²) in [7, 11) is 4.24. The molecule has 27 heteroatoms. The number of nitro benzene ring substituents is 2. The number of methoxy groups -OCH3 is 3. The Morgan fingerprint density at radius 1 is 0.580 bits per heavy atom. The van der Waals surface area contributed by atoms with Crippen LogP contribution in [0.1, 0.15) is 85.9 Å². The third-order valence-corrected chi connectivity index (χ3v) is 6.28.